The summed E-state index contributed by atoms with van der Waals surface area (Å²) >= 11 is 0. The summed E-state index contributed by atoms with van der Waals surface area (Å²) in [6.45, 7) is 5.99. The average Bonchev–Trinajstić information content (AvgIpc) is 2.61. The van der Waals surface area contributed by atoms with E-state index < -0.39 is 6.10 Å². The molecule has 0 aliphatic carbocycles. The van der Waals surface area contributed by atoms with Crippen LogP contribution in [0.3, 0.4) is 0 Å². The number of anilines is 1. The summed E-state index contributed by atoms with van der Waals surface area (Å²) in [5.41, 5.74) is 1.96. The standard InChI is InChI=1S/C22H23NO2/c1-15(2)20-10-6-7-11-21(20)23-22(24)16(3)25-19-13-12-17-8-4-5-9-18(17)14-19/h4-16H,1-3H3,(H,23,24)/t16-/m1/s1. The molecular formula is C22H23NO2. The first-order chi connectivity index (χ1) is 12.0. The van der Waals surface area contributed by atoms with Gasteiger partial charge >= 0.3 is 0 Å². The van der Waals surface area contributed by atoms with E-state index >= 15 is 0 Å². The molecule has 0 bridgehead atoms. The van der Waals surface area contributed by atoms with Crippen LogP contribution in [0.2, 0.25) is 0 Å². The van der Waals surface area contributed by atoms with Crippen molar-refractivity contribution in [3.8, 4) is 5.75 Å². The third-order valence-corrected chi connectivity index (χ3v) is 4.24. The van der Waals surface area contributed by atoms with E-state index in [1.165, 1.54) is 0 Å². The Balaban J connectivity index is 1.72. The first kappa shape index (κ1) is 17.0. The average molecular weight is 333 g/mol. The zero-order valence-corrected chi connectivity index (χ0v) is 14.8. The number of hydrogen-bond acceptors (Lipinski definition) is 2. The van der Waals surface area contributed by atoms with Crippen LogP contribution >= 0.6 is 0 Å². The van der Waals surface area contributed by atoms with Crippen LogP contribution in [0.15, 0.2) is 66.7 Å². The van der Waals surface area contributed by atoms with Gasteiger partial charge in [0.05, 0.1) is 0 Å². The maximum Gasteiger partial charge on any atom is 0.265 e. The number of para-hydroxylation sites is 1. The highest BCUT2D eigenvalue weighted by molar-refractivity contribution is 5.95. The largest absolute Gasteiger partial charge is 0.481 e. The minimum atomic E-state index is -0.582. The molecule has 25 heavy (non-hydrogen) atoms. The quantitative estimate of drug-likeness (QED) is 0.682. The van der Waals surface area contributed by atoms with Crippen molar-refractivity contribution >= 4 is 22.4 Å². The van der Waals surface area contributed by atoms with E-state index in [1.54, 1.807) is 6.92 Å². The second kappa shape index (κ2) is 7.39. The molecule has 3 aromatic rings. The van der Waals surface area contributed by atoms with Crippen molar-refractivity contribution in [1.29, 1.82) is 0 Å². The first-order valence-corrected chi connectivity index (χ1v) is 8.60. The fourth-order valence-electron chi connectivity index (χ4n) is 2.85. The minimum Gasteiger partial charge on any atom is -0.481 e. The van der Waals surface area contributed by atoms with Gasteiger partial charge in [-0.05, 0) is 47.4 Å². The Kier molecular flexibility index (Phi) is 5.03. The van der Waals surface area contributed by atoms with E-state index in [4.69, 9.17) is 4.74 Å². The number of carbonyl (C=O) groups excluding carboxylic acids is 1. The predicted octanol–water partition coefficient (Wildman–Crippen LogP) is 5.37. The monoisotopic (exact) mass is 333 g/mol. The molecule has 1 atom stereocenters. The molecule has 0 aromatic heterocycles. The highest BCUT2D eigenvalue weighted by Crippen LogP contribution is 2.25. The lowest BCUT2D eigenvalue weighted by molar-refractivity contribution is -0.122. The molecule has 0 heterocycles. The van der Waals surface area contributed by atoms with Crippen LogP contribution in [0.1, 0.15) is 32.3 Å². The van der Waals surface area contributed by atoms with Crippen LogP contribution in [-0.4, -0.2) is 12.0 Å². The molecule has 128 valence electrons. The topological polar surface area (TPSA) is 38.3 Å². The summed E-state index contributed by atoms with van der Waals surface area (Å²) in [7, 11) is 0. The normalized spacial score (nSPS) is 12.2. The van der Waals surface area contributed by atoms with Crippen molar-refractivity contribution in [2.24, 2.45) is 0 Å². The van der Waals surface area contributed by atoms with Crippen molar-refractivity contribution in [2.45, 2.75) is 32.8 Å². The molecule has 0 fully saturated rings. The van der Waals surface area contributed by atoms with E-state index in [0.717, 1.165) is 22.0 Å². The maximum absolute atomic E-state index is 12.5. The Hall–Kier alpha value is -2.81. The highest BCUT2D eigenvalue weighted by atomic mass is 16.5. The van der Waals surface area contributed by atoms with Crippen LogP contribution in [0.4, 0.5) is 5.69 Å². The van der Waals surface area contributed by atoms with Crippen LogP contribution < -0.4 is 10.1 Å². The number of benzene rings is 3. The number of amides is 1. The third kappa shape index (κ3) is 4.00. The number of hydrogen-bond donors (Lipinski definition) is 1. The van der Waals surface area contributed by atoms with Gasteiger partial charge < -0.3 is 10.1 Å². The highest BCUT2D eigenvalue weighted by Gasteiger charge is 2.17. The second-order valence-corrected chi connectivity index (χ2v) is 6.50. The Bertz CT molecular complexity index is 886. The first-order valence-electron chi connectivity index (χ1n) is 8.60. The predicted molar refractivity (Wildman–Crippen MR) is 103 cm³/mol. The molecule has 0 spiro atoms. The van der Waals surface area contributed by atoms with Crippen molar-refractivity contribution in [3.05, 3.63) is 72.3 Å². The number of nitrogens with one attached hydrogen (secondary N) is 1. The number of rotatable bonds is 5. The molecule has 3 aromatic carbocycles. The van der Waals surface area contributed by atoms with Crippen molar-refractivity contribution in [1.82, 2.24) is 0 Å². The van der Waals surface area contributed by atoms with Gasteiger partial charge in [-0.3, -0.25) is 4.79 Å². The zero-order chi connectivity index (χ0) is 17.8. The van der Waals surface area contributed by atoms with Crippen LogP contribution in [0, 0.1) is 0 Å². The maximum atomic E-state index is 12.5. The van der Waals surface area contributed by atoms with Gasteiger partial charge in [0, 0.05) is 5.69 Å². The number of ether oxygens (including phenoxy) is 1. The van der Waals surface area contributed by atoms with Crippen LogP contribution in [-0.2, 0) is 4.79 Å². The fourth-order valence-corrected chi connectivity index (χ4v) is 2.85. The summed E-state index contributed by atoms with van der Waals surface area (Å²) in [6.07, 6.45) is -0.582. The molecule has 0 aliphatic rings. The van der Waals surface area contributed by atoms with Crippen molar-refractivity contribution in [3.63, 3.8) is 0 Å². The second-order valence-electron chi connectivity index (χ2n) is 6.50. The lowest BCUT2D eigenvalue weighted by atomic mass is 10.0. The van der Waals surface area contributed by atoms with Gasteiger partial charge in [0.25, 0.3) is 5.91 Å². The number of carbonyl (C=O) groups is 1. The zero-order valence-electron chi connectivity index (χ0n) is 14.8. The molecule has 1 N–H and O–H groups in total. The SMILES string of the molecule is CC(C)c1ccccc1NC(=O)[C@@H](C)Oc1ccc2ccccc2c1. The molecule has 0 saturated carbocycles. The smallest absolute Gasteiger partial charge is 0.265 e. The van der Waals surface area contributed by atoms with Crippen molar-refractivity contribution < 1.29 is 9.53 Å². The summed E-state index contributed by atoms with van der Waals surface area (Å²) < 4.78 is 5.84. The van der Waals surface area contributed by atoms with E-state index in [0.29, 0.717) is 11.7 Å². The molecule has 0 radical (unpaired) electrons. The Morgan fingerprint density at radius 3 is 2.32 bits per heavy atom. The van der Waals surface area contributed by atoms with Crippen LogP contribution in [0.5, 0.6) is 5.75 Å². The number of fused-ring (bicyclic) bond motifs is 1. The molecule has 3 nitrogen and oxygen atoms in total. The van der Waals surface area contributed by atoms with E-state index in [9.17, 15) is 4.79 Å². The lowest BCUT2D eigenvalue weighted by Crippen LogP contribution is -2.30. The van der Waals surface area contributed by atoms with Gasteiger partial charge in [-0.15, -0.1) is 0 Å². The van der Waals surface area contributed by atoms with Gasteiger partial charge in [-0.25, -0.2) is 0 Å². The van der Waals surface area contributed by atoms with Crippen molar-refractivity contribution in [2.75, 3.05) is 5.32 Å². The summed E-state index contributed by atoms with van der Waals surface area (Å²) in [5, 5.41) is 5.23. The Morgan fingerprint density at radius 1 is 0.880 bits per heavy atom. The van der Waals surface area contributed by atoms with Gasteiger partial charge in [-0.1, -0.05) is 62.4 Å². The van der Waals surface area contributed by atoms with Gasteiger partial charge in [0.1, 0.15) is 5.75 Å². The van der Waals surface area contributed by atoms with Gasteiger partial charge in [0.15, 0.2) is 6.10 Å². The molecule has 3 heteroatoms. The molecular weight excluding hydrogens is 310 g/mol. The molecule has 0 saturated heterocycles. The van der Waals surface area contributed by atoms with E-state index in [2.05, 4.69) is 25.2 Å². The Morgan fingerprint density at radius 2 is 1.56 bits per heavy atom. The van der Waals surface area contributed by atoms with Gasteiger partial charge in [0.2, 0.25) is 0 Å². The van der Waals surface area contributed by atoms with Crippen LogP contribution in [0.25, 0.3) is 10.8 Å². The summed E-state index contributed by atoms with van der Waals surface area (Å²) in [4.78, 5) is 12.5. The summed E-state index contributed by atoms with van der Waals surface area (Å²) in [6, 6.07) is 21.8. The summed E-state index contributed by atoms with van der Waals surface area (Å²) in [5.74, 6) is 0.882. The molecule has 0 aliphatic heterocycles. The van der Waals surface area contributed by atoms with E-state index in [1.807, 2.05) is 60.7 Å². The van der Waals surface area contributed by atoms with Gasteiger partial charge in [-0.2, -0.15) is 0 Å². The molecule has 0 unspecified atom stereocenters. The van der Waals surface area contributed by atoms with E-state index in [-0.39, 0.29) is 5.91 Å². The lowest BCUT2D eigenvalue weighted by Gasteiger charge is -2.18. The molecule has 3 rings (SSSR count). The fraction of sp³-hybridized carbons (Fsp3) is 0.227. The minimum absolute atomic E-state index is 0.152. The third-order valence-electron chi connectivity index (χ3n) is 4.24. The Labute approximate surface area is 148 Å². The molecule has 1 amide bonds.